The Kier molecular flexibility index (Phi) is 6.79. The Hall–Kier alpha value is -3.28. The van der Waals surface area contributed by atoms with Gasteiger partial charge in [0.1, 0.15) is 5.75 Å². The monoisotopic (exact) mass is 356 g/mol. The van der Waals surface area contributed by atoms with Crippen molar-refractivity contribution in [3.63, 3.8) is 0 Å². The highest BCUT2D eigenvalue weighted by atomic mass is 16.5. The lowest BCUT2D eigenvalue weighted by Crippen LogP contribution is -2.10. The highest BCUT2D eigenvalue weighted by molar-refractivity contribution is 6.07. The number of carboxylic acid groups (broad SMARTS) is 1. The zero-order valence-corrected chi connectivity index (χ0v) is 14.6. The van der Waals surface area contributed by atoms with Crippen LogP contribution in [0, 0.1) is 0 Å². The van der Waals surface area contributed by atoms with Gasteiger partial charge in [0.15, 0.2) is 23.9 Å². The third-order valence-corrected chi connectivity index (χ3v) is 3.40. The van der Waals surface area contributed by atoms with Gasteiger partial charge in [-0.05, 0) is 48.9 Å². The molecule has 0 amide bonds. The van der Waals surface area contributed by atoms with Gasteiger partial charge in [-0.2, -0.15) is 0 Å². The first-order valence-corrected chi connectivity index (χ1v) is 8.01. The summed E-state index contributed by atoms with van der Waals surface area (Å²) < 4.78 is 15.7. The molecule has 2 aromatic rings. The molecule has 0 atom stereocenters. The molecule has 0 heterocycles. The van der Waals surface area contributed by atoms with Gasteiger partial charge in [0, 0.05) is 5.56 Å². The van der Waals surface area contributed by atoms with E-state index in [2.05, 4.69) is 0 Å². The lowest BCUT2D eigenvalue weighted by atomic mass is 10.1. The number of aliphatic carboxylic acids is 1. The summed E-state index contributed by atoms with van der Waals surface area (Å²) in [5.74, 6) is -0.00768. The van der Waals surface area contributed by atoms with E-state index in [4.69, 9.17) is 19.3 Å². The summed E-state index contributed by atoms with van der Waals surface area (Å²) >= 11 is 0. The standard InChI is InChI=1S/C20H20O6/c1-3-25-16-6-4-5-14(11-16)7-9-17(21)15-8-10-18(19(12-15)24-2)26-13-20(22)23/h4-12H,3,13H2,1-2H3,(H,22,23)/b9-7+. The van der Waals surface area contributed by atoms with E-state index in [-0.39, 0.29) is 11.5 Å². The van der Waals surface area contributed by atoms with E-state index in [1.807, 2.05) is 31.2 Å². The first-order chi connectivity index (χ1) is 12.5. The zero-order chi connectivity index (χ0) is 18.9. The number of allylic oxidation sites excluding steroid dienone is 1. The number of rotatable bonds is 9. The molecule has 0 saturated carbocycles. The second-order valence-electron chi connectivity index (χ2n) is 5.25. The summed E-state index contributed by atoms with van der Waals surface area (Å²) in [7, 11) is 1.42. The van der Waals surface area contributed by atoms with E-state index in [9.17, 15) is 9.59 Å². The molecule has 0 unspecified atom stereocenters. The Morgan fingerprint density at radius 3 is 2.58 bits per heavy atom. The third-order valence-electron chi connectivity index (χ3n) is 3.40. The number of ether oxygens (including phenoxy) is 3. The predicted octanol–water partition coefficient (Wildman–Crippen LogP) is 3.45. The van der Waals surface area contributed by atoms with Crippen molar-refractivity contribution in [2.75, 3.05) is 20.3 Å². The molecule has 0 bridgehead atoms. The van der Waals surface area contributed by atoms with Crippen molar-refractivity contribution < 1.29 is 28.9 Å². The molecule has 6 nitrogen and oxygen atoms in total. The maximum absolute atomic E-state index is 12.4. The molecule has 2 rings (SSSR count). The van der Waals surface area contributed by atoms with Gasteiger partial charge in [-0.3, -0.25) is 4.79 Å². The summed E-state index contributed by atoms with van der Waals surface area (Å²) in [5.41, 5.74) is 1.25. The highest BCUT2D eigenvalue weighted by Crippen LogP contribution is 2.28. The van der Waals surface area contributed by atoms with Crippen LogP contribution in [0.25, 0.3) is 6.08 Å². The summed E-state index contributed by atoms with van der Waals surface area (Å²) in [4.78, 5) is 23.0. The Morgan fingerprint density at radius 1 is 1.08 bits per heavy atom. The first-order valence-electron chi connectivity index (χ1n) is 8.01. The Balaban J connectivity index is 2.13. The van der Waals surface area contributed by atoms with Gasteiger partial charge >= 0.3 is 5.97 Å². The molecule has 6 heteroatoms. The number of carbonyl (C=O) groups excluding carboxylic acids is 1. The minimum absolute atomic E-state index is 0.213. The van der Waals surface area contributed by atoms with Gasteiger partial charge in [0.2, 0.25) is 0 Å². The van der Waals surface area contributed by atoms with E-state index < -0.39 is 12.6 Å². The molecule has 2 aromatic carbocycles. The molecule has 0 aromatic heterocycles. The Morgan fingerprint density at radius 2 is 1.88 bits per heavy atom. The summed E-state index contributed by atoms with van der Waals surface area (Å²) in [6.45, 7) is 1.99. The molecule has 0 radical (unpaired) electrons. The number of carbonyl (C=O) groups is 2. The van der Waals surface area contributed by atoms with Crippen LogP contribution >= 0.6 is 0 Å². The maximum atomic E-state index is 12.4. The van der Waals surface area contributed by atoms with Gasteiger partial charge < -0.3 is 19.3 Å². The van der Waals surface area contributed by atoms with E-state index in [1.165, 1.54) is 25.3 Å². The van der Waals surface area contributed by atoms with Crippen LogP contribution in [0.4, 0.5) is 0 Å². The van der Waals surface area contributed by atoms with E-state index in [0.717, 1.165) is 11.3 Å². The van der Waals surface area contributed by atoms with Gasteiger partial charge in [-0.1, -0.05) is 18.2 Å². The van der Waals surface area contributed by atoms with Crippen LogP contribution in [0.3, 0.4) is 0 Å². The largest absolute Gasteiger partial charge is 0.494 e. The summed E-state index contributed by atoms with van der Waals surface area (Å²) in [6.07, 6.45) is 3.16. The van der Waals surface area contributed by atoms with Crippen molar-refractivity contribution in [1.82, 2.24) is 0 Å². The fourth-order valence-electron chi connectivity index (χ4n) is 2.22. The summed E-state index contributed by atoms with van der Waals surface area (Å²) in [6, 6.07) is 12.0. The highest BCUT2D eigenvalue weighted by Gasteiger charge is 2.10. The minimum atomic E-state index is -1.09. The fourth-order valence-corrected chi connectivity index (χ4v) is 2.22. The van der Waals surface area contributed by atoms with Crippen LogP contribution in [0.5, 0.6) is 17.2 Å². The van der Waals surface area contributed by atoms with Crippen LogP contribution in [-0.4, -0.2) is 37.2 Å². The van der Waals surface area contributed by atoms with Crippen LogP contribution < -0.4 is 14.2 Å². The molecule has 0 aliphatic heterocycles. The number of hydrogen-bond donors (Lipinski definition) is 1. The van der Waals surface area contributed by atoms with Gasteiger partial charge in [-0.25, -0.2) is 4.79 Å². The molecule has 26 heavy (non-hydrogen) atoms. The van der Waals surface area contributed by atoms with E-state index in [0.29, 0.717) is 17.9 Å². The summed E-state index contributed by atoms with van der Waals surface area (Å²) in [5, 5.41) is 8.67. The smallest absolute Gasteiger partial charge is 0.341 e. The lowest BCUT2D eigenvalue weighted by molar-refractivity contribution is -0.139. The van der Waals surface area contributed by atoms with Gasteiger partial charge in [-0.15, -0.1) is 0 Å². The van der Waals surface area contributed by atoms with E-state index in [1.54, 1.807) is 12.1 Å². The zero-order valence-electron chi connectivity index (χ0n) is 14.6. The average molecular weight is 356 g/mol. The third kappa shape index (κ3) is 5.37. The van der Waals surface area contributed by atoms with Crippen molar-refractivity contribution in [2.24, 2.45) is 0 Å². The Labute approximate surface area is 151 Å². The Bertz CT molecular complexity index is 810. The number of methoxy groups -OCH3 is 1. The number of ketones is 1. The topological polar surface area (TPSA) is 82.1 Å². The lowest BCUT2D eigenvalue weighted by Gasteiger charge is -2.10. The molecular formula is C20H20O6. The molecule has 1 N–H and O–H groups in total. The molecule has 136 valence electrons. The fraction of sp³-hybridized carbons (Fsp3) is 0.200. The average Bonchev–Trinajstić information content (AvgIpc) is 2.64. The van der Waals surface area contributed by atoms with Gasteiger partial charge in [0.25, 0.3) is 0 Å². The van der Waals surface area contributed by atoms with Crippen molar-refractivity contribution in [3.8, 4) is 17.2 Å². The first kappa shape index (κ1) is 19.1. The maximum Gasteiger partial charge on any atom is 0.341 e. The molecule has 0 fully saturated rings. The van der Waals surface area contributed by atoms with Crippen molar-refractivity contribution >= 4 is 17.8 Å². The predicted molar refractivity (Wildman–Crippen MR) is 97.1 cm³/mol. The number of hydrogen-bond acceptors (Lipinski definition) is 5. The molecule has 0 spiro atoms. The second-order valence-corrected chi connectivity index (χ2v) is 5.25. The van der Waals surface area contributed by atoms with Crippen LogP contribution in [0.15, 0.2) is 48.5 Å². The van der Waals surface area contributed by atoms with Crippen LogP contribution in [0.2, 0.25) is 0 Å². The molecule has 0 aliphatic carbocycles. The normalized spacial score (nSPS) is 10.5. The molecule has 0 aliphatic rings. The molecular weight excluding hydrogens is 336 g/mol. The second kappa shape index (κ2) is 9.27. The van der Waals surface area contributed by atoms with Crippen LogP contribution in [-0.2, 0) is 4.79 Å². The van der Waals surface area contributed by atoms with E-state index >= 15 is 0 Å². The molecule has 0 saturated heterocycles. The number of carboxylic acids is 1. The van der Waals surface area contributed by atoms with Crippen molar-refractivity contribution in [1.29, 1.82) is 0 Å². The quantitative estimate of drug-likeness (QED) is 0.547. The van der Waals surface area contributed by atoms with Crippen LogP contribution in [0.1, 0.15) is 22.8 Å². The SMILES string of the molecule is CCOc1cccc(/C=C/C(=O)c2ccc(OCC(=O)O)c(OC)c2)c1. The van der Waals surface area contributed by atoms with Gasteiger partial charge in [0.05, 0.1) is 13.7 Å². The van der Waals surface area contributed by atoms with Crippen molar-refractivity contribution in [3.05, 3.63) is 59.7 Å². The number of benzene rings is 2. The minimum Gasteiger partial charge on any atom is -0.494 e. The van der Waals surface area contributed by atoms with Crippen molar-refractivity contribution in [2.45, 2.75) is 6.92 Å².